The van der Waals surface area contributed by atoms with E-state index in [1.54, 1.807) is 57.4 Å². The predicted octanol–water partition coefficient (Wildman–Crippen LogP) is 5.24. The van der Waals surface area contributed by atoms with E-state index in [4.69, 9.17) is 14.2 Å². The van der Waals surface area contributed by atoms with E-state index < -0.39 is 12.0 Å². The van der Waals surface area contributed by atoms with E-state index in [1.807, 2.05) is 37.8 Å². The third-order valence-corrected chi connectivity index (χ3v) is 7.94. The fraction of sp³-hybridized carbons (Fsp3) is 0.281. The summed E-state index contributed by atoms with van der Waals surface area (Å²) >= 11 is 1.23. The zero-order valence-corrected chi connectivity index (χ0v) is 25.5. The average molecular weight is 592 g/mol. The van der Waals surface area contributed by atoms with Crippen molar-refractivity contribution < 1.29 is 23.4 Å². The number of anilines is 1. The zero-order valence-electron chi connectivity index (χ0n) is 24.7. The second-order valence-corrected chi connectivity index (χ2v) is 10.5. The fourth-order valence-electron chi connectivity index (χ4n) is 4.82. The molecule has 8 nitrogen and oxygen atoms in total. The minimum atomic E-state index is -0.825. The van der Waals surface area contributed by atoms with E-state index in [0.717, 1.165) is 17.1 Å². The van der Waals surface area contributed by atoms with Gasteiger partial charge >= 0.3 is 5.97 Å². The largest absolute Gasteiger partial charge is 0.497 e. The lowest BCUT2D eigenvalue weighted by Crippen LogP contribution is -2.40. The standard InChI is InChI=1S/C32H34FN3O5S/c1-8-19(3)35(23-13-11-22(33)12-14-23)20(4)10-17-27-30(37)36-29(25-16-15-24(39-6)18-26(25)40-7)28(31(38)41-9-2)21(5)34-32(36)42-27/h8,10-18,29H,9H2,1-7H3/b19-8-,20-10+,27-17-. The molecule has 1 atom stereocenters. The van der Waals surface area contributed by atoms with Crippen molar-refractivity contribution in [2.24, 2.45) is 4.99 Å². The van der Waals surface area contributed by atoms with E-state index in [9.17, 15) is 14.0 Å². The lowest BCUT2D eigenvalue weighted by Gasteiger charge is -2.26. The van der Waals surface area contributed by atoms with Crippen molar-refractivity contribution in [3.8, 4) is 11.5 Å². The van der Waals surface area contributed by atoms with Crippen LogP contribution in [-0.2, 0) is 9.53 Å². The second kappa shape index (κ2) is 13.0. The van der Waals surface area contributed by atoms with Crippen LogP contribution in [0.2, 0.25) is 0 Å². The molecule has 1 aliphatic heterocycles. The predicted molar refractivity (Wildman–Crippen MR) is 163 cm³/mol. The summed E-state index contributed by atoms with van der Waals surface area (Å²) < 4.78 is 32.0. The number of methoxy groups -OCH3 is 2. The molecule has 42 heavy (non-hydrogen) atoms. The first kappa shape index (κ1) is 30.5. The lowest BCUT2D eigenvalue weighted by atomic mass is 9.95. The van der Waals surface area contributed by atoms with Crippen LogP contribution in [0.25, 0.3) is 6.08 Å². The molecule has 0 N–H and O–H groups in total. The Kier molecular flexibility index (Phi) is 9.47. The summed E-state index contributed by atoms with van der Waals surface area (Å²) in [6, 6.07) is 10.7. The normalized spacial score (nSPS) is 15.7. The van der Waals surface area contributed by atoms with Crippen LogP contribution in [0.1, 0.15) is 46.2 Å². The van der Waals surface area contributed by atoms with Crippen LogP contribution in [0.3, 0.4) is 0 Å². The molecule has 1 unspecified atom stereocenters. The molecule has 0 radical (unpaired) electrons. The van der Waals surface area contributed by atoms with Crippen molar-refractivity contribution in [3.63, 3.8) is 0 Å². The smallest absolute Gasteiger partial charge is 0.338 e. The number of hydrogen-bond acceptors (Lipinski definition) is 8. The molecule has 0 amide bonds. The summed E-state index contributed by atoms with van der Waals surface area (Å²) in [5.74, 6) is 0.158. The Morgan fingerprint density at radius 2 is 1.83 bits per heavy atom. The number of halogens is 1. The Hall–Kier alpha value is -4.44. The van der Waals surface area contributed by atoms with Crippen LogP contribution in [0.5, 0.6) is 11.5 Å². The van der Waals surface area contributed by atoms with Crippen LogP contribution in [0.15, 0.2) is 87.1 Å². The van der Waals surface area contributed by atoms with E-state index in [2.05, 4.69) is 4.99 Å². The van der Waals surface area contributed by atoms with Gasteiger partial charge in [-0.1, -0.05) is 17.4 Å². The highest BCUT2D eigenvalue weighted by Gasteiger charge is 2.35. The molecule has 0 spiro atoms. The summed E-state index contributed by atoms with van der Waals surface area (Å²) in [5, 5.41) is 0. The van der Waals surface area contributed by atoms with Gasteiger partial charge in [-0.3, -0.25) is 9.36 Å². The monoisotopic (exact) mass is 591 g/mol. The minimum absolute atomic E-state index is 0.173. The van der Waals surface area contributed by atoms with Crippen LogP contribution >= 0.6 is 11.3 Å². The number of thiazole rings is 1. The van der Waals surface area contributed by atoms with Gasteiger partial charge in [-0.05, 0) is 83.2 Å². The third kappa shape index (κ3) is 5.94. The Bertz CT molecular complexity index is 1770. The average Bonchev–Trinajstić information content (AvgIpc) is 3.30. The van der Waals surface area contributed by atoms with Gasteiger partial charge in [0.25, 0.3) is 5.56 Å². The molecule has 4 rings (SSSR count). The number of allylic oxidation sites excluding steroid dienone is 5. The highest BCUT2D eigenvalue weighted by molar-refractivity contribution is 7.07. The number of esters is 1. The molecular weight excluding hydrogens is 557 g/mol. The molecule has 0 fully saturated rings. The maximum atomic E-state index is 14.0. The minimum Gasteiger partial charge on any atom is -0.497 e. The van der Waals surface area contributed by atoms with Gasteiger partial charge in [0.1, 0.15) is 23.4 Å². The lowest BCUT2D eigenvalue weighted by molar-refractivity contribution is -0.139. The second-order valence-electron chi connectivity index (χ2n) is 9.48. The Balaban J connectivity index is 1.90. The van der Waals surface area contributed by atoms with Crippen molar-refractivity contribution >= 4 is 29.1 Å². The van der Waals surface area contributed by atoms with Crippen molar-refractivity contribution in [3.05, 3.63) is 108 Å². The molecule has 220 valence electrons. The number of carbonyl (C=O) groups is 1. The maximum absolute atomic E-state index is 14.0. The van der Waals surface area contributed by atoms with Crippen molar-refractivity contribution in [1.29, 1.82) is 0 Å². The molecule has 0 saturated carbocycles. The Morgan fingerprint density at radius 1 is 1.12 bits per heavy atom. The van der Waals surface area contributed by atoms with Gasteiger partial charge in [0, 0.05) is 28.7 Å². The molecule has 3 aromatic rings. The number of aromatic nitrogens is 1. The third-order valence-electron chi connectivity index (χ3n) is 6.94. The van der Waals surface area contributed by atoms with Gasteiger partial charge in [-0.15, -0.1) is 0 Å². The summed E-state index contributed by atoms with van der Waals surface area (Å²) in [7, 11) is 3.08. The molecule has 2 aromatic carbocycles. The number of benzene rings is 2. The Morgan fingerprint density at radius 3 is 2.45 bits per heavy atom. The molecule has 0 bridgehead atoms. The number of ether oxygens (including phenoxy) is 3. The molecule has 1 aliphatic rings. The topological polar surface area (TPSA) is 82.4 Å². The van der Waals surface area contributed by atoms with Crippen LogP contribution < -0.4 is 29.3 Å². The van der Waals surface area contributed by atoms with Gasteiger partial charge in [-0.25, -0.2) is 14.2 Å². The van der Waals surface area contributed by atoms with Crippen LogP contribution in [0.4, 0.5) is 10.1 Å². The molecule has 10 heteroatoms. The van der Waals surface area contributed by atoms with E-state index in [1.165, 1.54) is 35.1 Å². The van der Waals surface area contributed by atoms with Crippen LogP contribution in [-0.4, -0.2) is 31.4 Å². The summed E-state index contributed by atoms with van der Waals surface area (Å²) in [5.41, 5.74) is 3.56. The Labute approximate surface area is 248 Å². The number of fused-ring (bicyclic) bond motifs is 1. The molecule has 0 saturated heterocycles. The van der Waals surface area contributed by atoms with Gasteiger partial charge < -0.3 is 19.1 Å². The first-order chi connectivity index (χ1) is 20.1. The van der Waals surface area contributed by atoms with Gasteiger partial charge in [-0.2, -0.15) is 0 Å². The fourth-order valence-corrected chi connectivity index (χ4v) is 5.81. The van der Waals surface area contributed by atoms with E-state index in [-0.39, 0.29) is 23.6 Å². The first-order valence-corrected chi connectivity index (χ1v) is 14.2. The SMILES string of the molecule is C/C=C(/C)N(/C(C)=C/C=c1\sc2n(c1=O)C(c1ccc(OC)cc1OC)C(C(=O)OCC)=C(C)N=2)c1ccc(F)cc1. The highest BCUT2D eigenvalue weighted by atomic mass is 32.1. The summed E-state index contributed by atoms with van der Waals surface area (Å²) in [6.45, 7) is 9.43. The molecule has 1 aromatic heterocycles. The first-order valence-electron chi connectivity index (χ1n) is 13.4. The van der Waals surface area contributed by atoms with Crippen LogP contribution in [0, 0.1) is 5.82 Å². The molecular formula is C32H34FN3O5S. The molecule has 2 heterocycles. The maximum Gasteiger partial charge on any atom is 0.338 e. The number of nitrogens with zero attached hydrogens (tertiary/aromatic N) is 3. The van der Waals surface area contributed by atoms with E-state index in [0.29, 0.717) is 32.1 Å². The number of hydrogen-bond donors (Lipinski definition) is 0. The highest BCUT2D eigenvalue weighted by Crippen LogP contribution is 2.37. The van der Waals surface area contributed by atoms with Gasteiger partial charge in [0.15, 0.2) is 4.80 Å². The van der Waals surface area contributed by atoms with Crippen molar-refractivity contribution in [1.82, 2.24) is 4.57 Å². The number of rotatable bonds is 9. The van der Waals surface area contributed by atoms with Gasteiger partial charge in [0.05, 0.1) is 36.6 Å². The quantitative estimate of drug-likeness (QED) is 0.317. The van der Waals surface area contributed by atoms with E-state index >= 15 is 0 Å². The summed E-state index contributed by atoms with van der Waals surface area (Å²) in [4.78, 5) is 34.2. The molecule has 0 aliphatic carbocycles. The zero-order chi connectivity index (χ0) is 30.6. The van der Waals surface area contributed by atoms with Crippen molar-refractivity contribution in [2.75, 3.05) is 25.7 Å². The summed E-state index contributed by atoms with van der Waals surface area (Å²) in [6.07, 6.45) is 5.53. The van der Waals surface area contributed by atoms with Gasteiger partial charge in [0.2, 0.25) is 0 Å². The number of carbonyl (C=O) groups excluding carboxylic acids is 1. The van der Waals surface area contributed by atoms with Crippen molar-refractivity contribution in [2.45, 2.75) is 40.7 Å².